The van der Waals surface area contributed by atoms with Gasteiger partial charge in [-0.25, -0.2) is 0 Å². The first-order chi connectivity index (χ1) is 13.8. The first-order valence-electron chi connectivity index (χ1n) is 9.83. The minimum Gasteiger partial charge on any atom is -0.493 e. The molecule has 0 heterocycles. The number of ether oxygens (including phenoxy) is 2. The maximum Gasteiger partial charge on any atom is 0.161 e. The molecular formula is C25H25NO2. The van der Waals surface area contributed by atoms with E-state index in [0.29, 0.717) is 6.61 Å². The molecule has 3 aromatic rings. The van der Waals surface area contributed by atoms with Crippen LogP contribution in [-0.4, -0.2) is 13.3 Å². The second-order valence-corrected chi connectivity index (χ2v) is 7.06. The second-order valence-electron chi connectivity index (χ2n) is 7.06. The Morgan fingerprint density at radius 1 is 0.893 bits per heavy atom. The lowest BCUT2D eigenvalue weighted by molar-refractivity contribution is 0.284. The summed E-state index contributed by atoms with van der Waals surface area (Å²) in [5.74, 6) is 1.45. The van der Waals surface area contributed by atoms with Crippen molar-refractivity contribution in [3.63, 3.8) is 0 Å². The van der Waals surface area contributed by atoms with Crippen LogP contribution in [0.5, 0.6) is 11.5 Å². The van der Waals surface area contributed by atoms with Crippen LogP contribution in [0, 0.1) is 0 Å². The molecule has 28 heavy (non-hydrogen) atoms. The van der Waals surface area contributed by atoms with Crippen LogP contribution in [0.4, 0.5) is 5.69 Å². The summed E-state index contributed by atoms with van der Waals surface area (Å²) in [5.41, 5.74) is 6.06. The molecule has 0 aromatic heterocycles. The third-order valence-electron chi connectivity index (χ3n) is 5.15. The van der Waals surface area contributed by atoms with E-state index < -0.39 is 0 Å². The van der Waals surface area contributed by atoms with E-state index >= 15 is 0 Å². The van der Waals surface area contributed by atoms with E-state index in [9.17, 15) is 0 Å². The van der Waals surface area contributed by atoms with Crippen molar-refractivity contribution in [3.8, 4) is 11.5 Å². The predicted octanol–water partition coefficient (Wildman–Crippen LogP) is 5.90. The van der Waals surface area contributed by atoms with Crippen LogP contribution in [0.2, 0.25) is 0 Å². The molecule has 142 valence electrons. The number of hydrogen-bond acceptors (Lipinski definition) is 3. The highest BCUT2D eigenvalue weighted by molar-refractivity contribution is 5.83. The van der Waals surface area contributed by atoms with Crippen LogP contribution < -0.4 is 9.47 Å². The molecule has 0 aliphatic heterocycles. The van der Waals surface area contributed by atoms with Gasteiger partial charge in [-0.15, -0.1) is 0 Å². The fourth-order valence-electron chi connectivity index (χ4n) is 3.65. The van der Waals surface area contributed by atoms with E-state index in [-0.39, 0.29) is 0 Å². The van der Waals surface area contributed by atoms with E-state index in [1.807, 2.05) is 54.7 Å². The summed E-state index contributed by atoms with van der Waals surface area (Å²) in [6.45, 7) is 0.515. The van der Waals surface area contributed by atoms with E-state index in [1.54, 1.807) is 7.11 Å². The lowest BCUT2D eigenvalue weighted by atomic mass is 9.90. The molecular weight excluding hydrogens is 346 g/mol. The average Bonchev–Trinajstić information content (AvgIpc) is 2.77. The van der Waals surface area contributed by atoms with Gasteiger partial charge in [0.2, 0.25) is 0 Å². The molecule has 0 N–H and O–H groups in total. The molecule has 0 fully saturated rings. The quantitative estimate of drug-likeness (QED) is 0.505. The van der Waals surface area contributed by atoms with Crippen molar-refractivity contribution in [2.75, 3.05) is 7.11 Å². The number of rotatable bonds is 6. The molecule has 3 nitrogen and oxygen atoms in total. The van der Waals surface area contributed by atoms with Crippen LogP contribution in [0.3, 0.4) is 0 Å². The number of aliphatic imine (C=N–C) groups is 1. The Kier molecular flexibility index (Phi) is 5.72. The summed E-state index contributed by atoms with van der Waals surface area (Å²) in [7, 11) is 1.67. The Balaban J connectivity index is 1.51. The maximum atomic E-state index is 5.94. The summed E-state index contributed by atoms with van der Waals surface area (Å²) in [6, 6.07) is 22.5. The first-order valence-corrected chi connectivity index (χ1v) is 9.83. The minimum atomic E-state index is 0.515. The van der Waals surface area contributed by atoms with E-state index in [4.69, 9.17) is 14.5 Å². The van der Waals surface area contributed by atoms with E-state index in [1.165, 1.54) is 30.4 Å². The Morgan fingerprint density at radius 2 is 1.75 bits per heavy atom. The molecule has 3 aromatic carbocycles. The standard InChI is InChI=1S/C25H25NO2/c1-27-25-16-20(14-15-24(25)28-18-19-8-3-2-4-9-19)17-26-23-13-7-11-21-10-5-6-12-22(21)23/h2-4,7-9,11,13-17H,5-6,10,12,18H2,1H3. The smallest absolute Gasteiger partial charge is 0.161 e. The largest absolute Gasteiger partial charge is 0.493 e. The molecule has 3 heteroatoms. The zero-order chi connectivity index (χ0) is 19.2. The van der Waals surface area contributed by atoms with E-state index in [0.717, 1.165) is 34.7 Å². The highest BCUT2D eigenvalue weighted by Gasteiger charge is 2.12. The Bertz CT molecular complexity index is 964. The third-order valence-corrected chi connectivity index (χ3v) is 5.15. The number of benzene rings is 3. The highest BCUT2D eigenvalue weighted by atomic mass is 16.5. The van der Waals surface area contributed by atoms with Gasteiger partial charge >= 0.3 is 0 Å². The maximum absolute atomic E-state index is 5.94. The van der Waals surface area contributed by atoms with Gasteiger partial charge in [-0.2, -0.15) is 0 Å². The Morgan fingerprint density at radius 3 is 2.61 bits per heavy atom. The van der Waals surface area contributed by atoms with Crippen LogP contribution in [0.15, 0.2) is 71.7 Å². The van der Waals surface area contributed by atoms with Crippen molar-refractivity contribution < 1.29 is 9.47 Å². The average molecular weight is 371 g/mol. The molecule has 0 bridgehead atoms. The van der Waals surface area contributed by atoms with Crippen molar-refractivity contribution in [1.82, 2.24) is 0 Å². The number of fused-ring (bicyclic) bond motifs is 1. The highest BCUT2D eigenvalue weighted by Crippen LogP contribution is 2.31. The van der Waals surface area contributed by atoms with Crippen LogP contribution in [-0.2, 0) is 19.4 Å². The number of methoxy groups -OCH3 is 1. The Labute approximate surface area is 166 Å². The predicted molar refractivity (Wildman–Crippen MR) is 114 cm³/mol. The SMILES string of the molecule is COc1cc(C=Nc2cccc3c2CCCC3)ccc1OCc1ccccc1. The number of nitrogens with zero attached hydrogens (tertiary/aromatic N) is 1. The second kappa shape index (κ2) is 8.75. The zero-order valence-electron chi connectivity index (χ0n) is 16.2. The monoisotopic (exact) mass is 371 g/mol. The van der Waals surface area contributed by atoms with Gasteiger partial charge in [0.05, 0.1) is 12.8 Å². The van der Waals surface area contributed by atoms with Gasteiger partial charge in [0.15, 0.2) is 11.5 Å². The Hall–Kier alpha value is -3.07. The summed E-state index contributed by atoms with van der Waals surface area (Å²) in [5, 5.41) is 0. The van der Waals surface area contributed by atoms with Crippen LogP contribution in [0.1, 0.15) is 35.1 Å². The summed E-state index contributed by atoms with van der Waals surface area (Å²) < 4.78 is 11.5. The van der Waals surface area contributed by atoms with Crippen LogP contribution in [0.25, 0.3) is 0 Å². The lowest BCUT2D eigenvalue weighted by Gasteiger charge is -2.17. The molecule has 0 amide bonds. The fraction of sp³-hybridized carbons (Fsp3) is 0.240. The van der Waals surface area contributed by atoms with Crippen LogP contribution >= 0.6 is 0 Å². The van der Waals surface area contributed by atoms with E-state index in [2.05, 4.69) is 18.2 Å². The van der Waals surface area contributed by atoms with Gasteiger partial charge in [-0.1, -0.05) is 42.5 Å². The molecule has 1 aliphatic rings. The lowest BCUT2D eigenvalue weighted by Crippen LogP contribution is -2.02. The van der Waals surface area contributed by atoms with Gasteiger partial charge in [-0.05, 0) is 72.2 Å². The molecule has 0 saturated heterocycles. The van der Waals surface area contributed by atoms with Crippen molar-refractivity contribution in [3.05, 3.63) is 89.0 Å². The summed E-state index contributed by atoms with van der Waals surface area (Å²) >= 11 is 0. The van der Waals surface area contributed by atoms with Gasteiger partial charge in [0.1, 0.15) is 6.61 Å². The fourth-order valence-corrected chi connectivity index (χ4v) is 3.65. The number of aryl methyl sites for hydroxylation is 1. The first kappa shape index (κ1) is 18.3. The molecule has 0 spiro atoms. The molecule has 0 unspecified atom stereocenters. The molecule has 1 aliphatic carbocycles. The zero-order valence-corrected chi connectivity index (χ0v) is 16.2. The van der Waals surface area contributed by atoms with Gasteiger partial charge in [-0.3, -0.25) is 4.99 Å². The molecule has 0 atom stereocenters. The minimum absolute atomic E-state index is 0.515. The topological polar surface area (TPSA) is 30.8 Å². The van der Waals surface area contributed by atoms with Gasteiger partial charge < -0.3 is 9.47 Å². The van der Waals surface area contributed by atoms with Crippen molar-refractivity contribution in [2.24, 2.45) is 4.99 Å². The molecule has 4 rings (SSSR count). The molecule has 0 saturated carbocycles. The summed E-state index contributed by atoms with van der Waals surface area (Å²) in [4.78, 5) is 4.77. The molecule has 0 radical (unpaired) electrons. The number of hydrogen-bond donors (Lipinski definition) is 0. The normalized spacial score (nSPS) is 13.3. The summed E-state index contributed by atoms with van der Waals surface area (Å²) in [6.07, 6.45) is 6.73. The van der Waals surface area contributed by atoms with Gasteiger partial charge in [0.25, 0.3) is 0 Å². The van der Waals surface area contributed by atoms with Crippen molar-refractivity contribution >= 4 is 11.9 Å². The van der Waals surface area contributed by atoms with Gasteiger partial charge in [0, 0.05) is 6.21 Å². The third kappa shape index (κ3) is 4.25. The van der Waals surface area contributed by atoms with Crippen molar-refractivity contribution in [2.45, 2.75) is 32.3 Å². The van der Waals surface area contributed by atoms with Crippen molar-refractivity contribution in [1.29, 1.82) is 0 Å².